The lowest BCUT2D eigenvalue weighted by molar-refractivity contribution is 0.218. The highest BCUT2D eigenvalue weighted by molar-refractivity contribution is 9.10. The van der Waals surface area contributed by atoms with Crippen LogP contribution in [0.1, 0.15) is 11.1 Å². The van der Waals surface area contributed by atoms with E-state index in [0.717, 1.165) is 15.7 Å². The zero-order valence-corrected chi connectivity index (χ0v) is 13.9. The molecule has 1 aliphatic rings. The molecule has 0 saturated carbocycles. The SMILES string of the molecule is N#Cc1cccc(CN2C=CCN(c3ccc(Br)cc3)C2=O)c1. The summed E-state index contributed by atoms with van der Waals surface area (Å²) in [6.07, 6.45) is 3.76. The topological polar surface area (TPSA) is 47.3 Å². The third kappa shape index (κ3) is 3.43. The van der Waals surface area contributed by atoms with E-state index in [1.54, 1.807) is 28.1 Å². The molecule has 5 heteroatoms. The number of rotatable bonds is 3. The Bertz CT molecular complexity index is 793. The van der Waals surface area contributed by atoms with Crippen LogP contribution < -0.4 is 4.90 Å². The van der Waals surface area contributed by atoms with Crippen LogP contribution in [0.25, 0.3) is 0 Å². The molecule has 2 aromatic carbocycles. The van der Waals surface area contributed by atoms with Crippen LogP contribution in [-0.4, -0.2) is 17.5 Å². The number of hydrogen-bond donors (Lipinski definition) is 0. The minimum Gasteiger partial charge on any atom is -0.297 e. The lowest BCUT2D eigenvalue weighted by Crippen LogP contribution is -2.43. The van der Waals surface area contributed by atoms with E-state index in [4.69, 9.17) is 5.26 Å². The van der Waals surface area contributed by atoms with Crippen LogP contribution in [0.15, 0.2) is 65.3 Å². The summed E-state index contributed by atoms with van der Waals surface area (Å²) in [6.45, 7) is 0.993. The summed E-state index contributed by atoms with van der Waals surface area (Å²) in [6, 6.07) is 17.0. The summed E-state index contributed by atoms with van der Waals surface area (Å²) in [7, 11) is 0. The first-order valence-electron chi connectivity index (χ1n) is 7.17. The van der Waals surface area contributed by atoms with E-state index in [1.807, 2.05) is 42.5 Å². The number of urea groups is 1. The molecule has 0 atom stereocenters. The molecule has 0 saturated heterocycles. The lowest BCUT2D eigenvalue weighted by Gasteiger charge is -2.31. The Morgan fingerprint density at radius 3 is 2.70 bits per heavy atom. The van der Waals surface area contributed by atoms with E-state index in [9.17, 15) is 4.79 Å². The van der Waals surface area contributed by atoms with Gasteiger partial charge in [0.25, 0.3) is 0 Å². The van der Waals surface area contributed by atoms with Gasteiger partial charge in [-0.05, 0) is 48.0 Å². The molecule has 0 bridgehead atoms. The van der Waals surface area contributed by atoms with Crippen molar-refractivity contribution in [3.63, 3.8) is 0 Å². The standard InChI is InChI=1S/C18H14BrN3O/c19-16-5-7-17(8-6-16)22-10-2-9-21(18(22)23)13-15-4-1-3-14(11-15)12-20/h1-9,11H,10,13H2. The number of benzene rings is 2. The van der Waals surface area contributed by atoms with Gasteiger partial charge in [0, 0.05) is 22.9 Å². The maximum Gasteiger partial charge on any atom is 0.329 e. The highest BCUT2D eigenvalue weighted by atomic mass is 79.9. The van der Waals surface area contributed by atoms with Gasteiger partial charge in [-0.2, -0.15) is 5.26 Å². The molecule has 114 valence electrons. The van der Waals surface area contributed by atoms with Crippen LogP contribution in [0.3, 0.4) is 0 Å². The Labute approximate surface area is 143 Å². The summed E-state index contributed by atoms with van der Waals surface area (Å²) in [4.78, 5) is 16.1. The fourth-order valence-electron chi connectivity index (χ4n) is 2.47. The molecule has 3 rings (SSSR count). The molecule has 0 aromatic heterocycles. The summed E-state index contributed by atoms with van der Waals surface area (Å²) < 4.78 is 0.978. The van der Waals surface area contributed by atoms with Crippen molar-refractivity contribution in [2.75, 3.05) is 11.4 Å². The zero-order chi connectivity index (χ0) is 16.2. The summed E-state index contributed by atoms with van der Waals surface area (Å²) in [5.74, 6) is 0. The van der Waals surface area contributed by atoms with Crippen molar-refractivity contribution >= 4 is 27.6 Å². The fraction of sp³-hybridized carbons (Fsp3) is 0.111. The first-order valence-corrected chi connectivity index (χ1v) is 7.96. The zero-order valence-electron chi connectivity index (χ0n) is 12.3. The van der Waals surface area contributed by atoms with Crippen LogP contribution in [-0.2, 0) is 6.54 Å². The van der Waals surface area contributed by atoms with E-state index in [-0.39, 0.29) is 6.03 Å². The summed E-state index contributed by atoms with van der Waals surface area (Å²) >= 11 is 3.40. The smallest absolute Gasteiger partial charge is 0.297 e. The maximum absolute atomic E-state index is 12.7. The molecular weight excluding hydrogens is 354 g/mol. The predicted octanol–water partition coefficient (Wildman–Crippen LogP) is 4.28. The number of halogens is 1. The Morgan fingerprint density at radius 1 is 1.17 bits per heavy atom. The molecule has 2 amide bonds. The van der Waals surface area contributed by atoms with Crippen molar-refractivity contribution in [1.29, 1.82) is 5.26 Å². The number of carbonyl (C=O) groups is 1. The van der Waals surface area contributed by atoms with E-state index in [1.165, 1.54) is 0 Å². The number of nitriles is 1. The molecule has 0 aliphatic carbocycles. The van der Waals surface area contributed by atoms with Crippen molar-refractivity contribution in [1.82, 2.24) is 4.90 Å². The number of amides is 2. The molecular formula is C18H14BrN3O. The van der Waals surface area contributed by atoms with Gasteiger partial charge in [0.1, 0.15) is 0 Å². The second-order valence-corrected chi connectivity index (χ2v) is 6.11. The van der Waals surface area contributed by atoms with Crippen molar-refractivity contribution in [3.8, 4) is 6.07 Å². The van der Waals surface area contributed by atoms with E-state index >= 15 is 0 Å². The molecule has 0 fully saturated rings. The number of nitrogens with zero attached hydrogens (tertiary/aromatic N) is 3. The van der Waals surface area contributed by atoms with Crippen molar-refractivity contribution in [2.45, 2.75) is 6.54 Å². The first kappa shape index (κ1) is 15.3. The Morgan fingerprint density at radius 2 is 1.96 bits per heavy atom. The highest BCUT2D eigenvalue weighted by Gasteiger charge is 2.23. The molecule has 0 unspecified atom stereocenters. The second kappa shape index (κ2) is 6.67. The average molecular weight is 368 g/mol. The Balaban J connectivity index is 1.80. The molecule has 1 heterocycles. The summed E-state index contributed by atoms with van der Waals surface area (Å²) in [5, 5.41) is 8.98. The van der Waals surface area contributed by atoms with Gasteiger partial charge in [0.15, 0.2) is 0 Å². The van der Waals surface area contributed by atoms with Crippen molar-refractivity contribution < 1.29 is 4.79 Å². The van der Waals surface area contributed by atoms with Crippen LogP contribution >= 0.6 is 15.9 Å². The predicted molar refractivity (Wildman–Crippen MR) is 92.7 cm³/mol. The minimum atomic E-state index is -0.0721. The first-order chi connectivity index (χ1) is 11.2. The largest absolute Gasteiger partial charge is 0.329 e. The Kier molecular flexibility index (Phi) is 4.45. The molecule has 1 aliphatic heterocycles. The Hall–Kier alpha value is -2.58. The van der Waals surface area contributed by atoms with Crippen LogP contribution in [0.4, 0.5) is 10.5 Å². The summed E-state index contributed by atoms with van der Waals surface area (Å²) in [5.41, 5.74) is 2.39. The van der Waals surface area contributed by atoms with Gasteiger partial charge in [-0.15, -0.1) is 0 Å². The third-order valence-corrected chi connectivity index (χ3v) is 4.13. The van der Waals surface area contributed by atoms with Crippen LogP contribution in [0.2, 0.25) is 0 Å². The third-order valence-electron chi connectivity index (χ3n) is 3.60. The van der Waals surface area contributed by atoms with E-state index in [2.05, 4.69) is 22.0 Å². The van der Waals surface area contributed by atoms with Crippen LogP contribution in [0.5, 0.6) is 0 Å². The second-order valence-electron chi connectivity index (χ2n) is 5.19. The number of carbonyl (C=O) groups excluding carboxylic acids is 1. The van der Waals surface area contributed by atoms with Gasteiger partial charge < -0.3 is 0 Å². The number of anilines is 1. The van der Waals surface area contributed by atoms with Gasteiger partial charge >= 0.3 is 6.03 Å². The fourth-order valence-corrected chi connectivity index (χ4v) is 2.73. The van der Waals surface area contributed by atoms with Gasteiger partial charge in [0.05, 0.1) is 18.2 Å². The molecule has 23 heavy (non-hydrogen) atoms. The normalized spacial score (nSPS) is 14.0. The molecule has 0 N–H and O–H groups in total. The van der Waals surface area contributed by atoms with Crippen molar-refractivity contribution in [2.24, 2.45) is 0 Å². The maximum atomic E-state index is 12.7. The minimum absolute atomic E-state index is 0.0721. The van der Waals surface area contributed by atoms with E-state index in [0.29, 0.717) is 18.7 Å². The monoisotopic (exact) mass is 367 g/mol. The van der Waals surface area contributed by atoms with E-state index < -0.39 is 0 Å². The quantitative estimate of drug-likeness (QED) is 0.812. The van der Waals surface area contributed by atoms with Crippen molar-refractivity contribution in [3.05, 3.63) is 76.4 Å². The van der Waals surface area contributed by atoms with Gasteiger partial charge in [-0.3, -0.25) is 9.80 Å². The van der Waals surface area contributed by atoms with Crippen LogP contribution in [0, 0.1) is 11.3 Å². The van der Waals surface area contributed by atoms with Gasteiger partial charge in [-0.1, -0.05) is 28.1 Å². The lowest BCUT2D eigenvalue weighted by atomic mass is 10.1. The molecule has 2 aromatic rings. The molecule has 0 spiro atoms. The molecule has 4 nitrogen and oxygen atoms in total. The highest BCUT2D eigenvalue weighted by Crippen LogP contribution is 2.22. The van der Waals surface area contributed by atoms with Gasteiger partial charge in [0.2, 0.25) is 0 Å². The molecule has 0 radical (unpaired) electrons. The number of hydrogen-bond acceptors (Lipinski definition) is 2. The average Bonchev–Trinajstić information content (AvgIpc) is 2.58. The van der Waals surface area contributed by atoms with Gasteiger partial charge in [-0.25, -0.2) is 4.79 Å².